The molecule has 0 spiro atoms. The number of carbonyl (C=O) groups is 1. The van der Waals surface area contributed by atoms with Crippen molar-refractivity contribution in [3.63, 3.8) is 0 Å². The van der Waals surface area contributed by atoms with Crippen LogP contribution in [0.5, 0.6) is 5.75 Å². The predicted octanol–water partition coefficient (Wildman–Crippen LogP) is 1.21. The number of rotatable bonds is 8. The molecule has 0 aliphatic heterocycles. The Balaban J connectivity index is 2.34. The van der Waals surface area contributed by atoms with Gasteiger partial charge < -0.3 is 19.9 Å². The Morgan fingerprint density at radius 2 is 1.95 bits per heavy atom. The summed E-state index contributed by atoms with van der Waals surface area (Å²) in [5.74, 6) is 0.473. The first-order valence-corrected chi connectivity index (χ1v) is 6.71. The van der Waals surface area contributed by atoms with Crippen molar-refractivity contribution in [1.29, 1.82) is 0 Å². The molecule has 2 unspecified atom stereocenters. The second-order valence-corrected chi connectivity index (χ2v) is 4.93. The van der Waals surface area contributed by atoms with Crippen molar-refractivity contribution in [2.24, 2.45) is 5.92 Å². The molecular weight excluding hydrogens is 258 g/mol. The summed E-state index contributed by atoms with van der Waals surface area (Å²) < 4.78 is 10.2. The molecule has 0 aliphatic rings. The van der Waals surface area contributed by atoms with Gasteiger partial charge in [-0.1, -0.05) is 32.0 Å². The number of hydrogen-bond acceptors (Lipinski definition) is 5. The molecule has 5 nitrogen and oxygen atoms in total. The van der Waals surface area contributed by atoms with E-state index >= 15 is 0 Å². The maximum Gasteiger partial charge on any atom is 0.323 e. The van der Waals surface area contributed by atoms with Crippen LogP contribution in [0.4, 0.5) is 0 Å². The number of aliphatic hydroxyl groups is 1. The van der Waals surface area contributed by atoms with Crippen LogP contribution in [0.25, 0.3) is 0 Å². The Kier molecular flexibility index (Phi) is 7.04. The van der Waals surface area contributed by atoms with E-state index in [2.05, 4.69) is 5.32 Å². The molecule has 0 saturated carbocycles. The summed E-state index contributed by atoms with van der Waals surface area (Å²) in [7, 11) is 1.36. The van der Waals surface area contributed by atoms with Crippen LogP contribution in [0.15, 0.2) is 30.3 Å². The number of aliphatic hydroxyl groups excluding tert-OH is 1. The van der Waals surface area contributed by atoms with Crippen LogP contribution in [0, 0.1) is 5.92 Å². The average molecular weight is 281 g/mol. The van der Waals surface area contributed by atoms with Crippen LogP contribution in [-0.2, 0) is 9.53 Å². The smallest absolute Gasteiger partial charge is 0.323 e. The highest BCUT2D eigenvalue weighted by molar-refractivity contribution is 5.75. The second kappa shape index (κ2) is 8.55. The van der Waals surface area contributed by atoms with Crippen molar-refractivity contribution in [2.75, 3.05) is 20.3 Å². The molecule has 20 heavy (non-hydrogen) atoms. The Labute approximate surface area is 119 Å². The number of nitrogens with one attached hydrogen (secondary N) is 1. The van der Waals surface area contributed by atoms with Crippen LogP contribution in [0.2, 0.25) is 0 Å². The molecule has 0 saturated heterocycles. The highest BCUT2D eigenvalue weighted by Gasteiger charge is 2.23. The van der Waals surface area contributed by atoms with Crippen molar-refractivity contribution >= 4 is 5.97 Å². The van der Waals surface area contributed by atoms with Gasteiger partial charge in [-0.05, 0) is 18.1 Å². The lowest BCUT2D eigenvalue weighted by Crippen LogP contribution is -2.45. The Hall–Kier alpha value is -1.59. The number of ether oxygens (including phenoxy) is 2. The molecule has 112 valence electrons. The first kappa shape index (κ1) is 16.5. The zero-order chi connectivity index (χ0) is 15.0. The van der Waals surface area contributed by atoms with Gasteiger partial charge in [-0.3, -0.25) is 4.79 Å². The number of carbonyl (C=O) groups excluding carboxylic acids is 1. The third kappa shape index (κ3) is 5.59. The van der Waals surface area contributed by atoms with Gasteiger partial charge >= 0.3 is 5.97 Å². The number of hydrogen-bond donors (Lipinski definition) is 2. The van der Waals surface area contributed by atoms with Gasteiger partial charge in [0.1, 0.15) is 24.5 Å². The number of methoxy groups -OCH3 is 1. The topological polar surface area (TPSA) is 67.8 Å². The van der Waals surface area contributed by atoms with E-state index in [4.69, 9.17) is 9.47 Å². The molecule has 2 atom stereocenters. The molecule has 0 heterocycles. The summed E-state index contributed by atoms with van der Waals surface area (Å²) >= 11 is 0. The van der Waals surface area contributed by atoms with Crippen molar-refractivity contribution in [3.05, 3.63) is 30.3 Å². The Morgan fingerprint density at radius 1 is 1.30 bits per heavy atom. The van der Waals surface area contributed by atoms with Crippen LogP contribution >= 0.6 is 0 Å². The standard InChI is InChI=1S/C15H23NO4/c1-11(2)14(15(18)19-3)16-9-12(17)10-20-13-7-5-4-6-8-13/h4-8,11-12,14,16-17H,9-10H2,1-3H3. The minimum atomic E-state index is -0.693. The monoisotopic (exact) mass is 281 g/mol. The lowest BCUT2D eigenvalue weighted by Gasteiger charge is -2.21. The summed E-state index contributed by atoms with van der Waals surface area (Å²) in [4.78, 5) is 11.5. The zero-order valence-corrected chi connectivity index (χ0v) is 12.2. The molecule has 0 bridgehead atoms. The van der Waals surface area contributed by atoms with E-state index in [1.807, 2.05) is 44.2 Å². The Morgan fingerprint density at radius 3 is 2.50 bits per heavy atom. The zero-order valence-electron chi connectivity index (χ0n) is 12.2. The summed E-state index contributed by atoms with van der Waals surface area (Å²) in [6.07, 6.45) is -0.693. The van der Waals surface area contributed by atoms with E-state index in [0.29, 0.717) is 5.75 Å². The summed E-state index contributed by atoms with van der Waals surface area (Å²) in [5.41, 5.74) is 0. The summed E-state index contributed by atoms with van der Waals surface area (Å²) in [6.45, 7) is 4.27. The number of benzene rings is 1. The van der Waals surface area contributed by atoms with Gasteiger partial charge in [0.25, 0.3) is 0 Å². The van der Waals surface area contributed by atoms with Gasteiger partial charge in [-0.15, -0.1) is 0 Å². The van der Waals surface area contributed by atoms with Crippen molar-refractivity contribution in [2.45, 2.75) is 26.0 Å². The van der Waals surface area contributed by atoms with Gasteiger partial charge in [0.05, 0.1) is 7.11 Å². The van der Waals surface area contributed by atoms with E-state index in [9.17, 15) is 9.90 Å². The summed E-state index contributed by atoms with van der Waals surface area (Å²) in [5, 5.41) is 12.9. The maximum atomic E-state index is 11.5. The van der Waals surface area contributed by atoms with E-state index in [0.717, 1.165) is 0 Å². The van der Waals surface area contributed by atoms with Gasteiger partial charge in [-0.2, -0.15) is 0 Å². The molecule has 1 aromatic carbocycles. The molecule has 0 radical (unpaired) electrons. The Bertz CT molecular complexity index is 394. The van der Waals surface area contributed by atoms with Crippen LogP contribution < -0.4 is 10.1 Å². The number of para-hydroxylation sites is 1. The molecule has 0 fully saturated rings. The average Bonchev–Trinajstić information content (AvgIpc) is 2.45. The fraction of sp³-hybridized carbons (Fsp3) is 0.533. The molecular formula is C15H23NO4. The SMILES string of the molecule is COC(=O)C(NCC(O)COc1ccccc1)C(C)C. The van der Waals surface area contributed by atoms with Crippen LogP contribution in [-0.4, -0.2) is 43.5 Å². The van der Waals surface area contributed by atoms with Crippen molar-refractivity contribution in [1.82, 2.24) is 5.32 Å². The second-order valence-electron chi connectivity index (χ2n) is 4.93. The lowest BCUT2D eigenvalue weighted by atomic mass is 10.0. The molecule has 5 heteroatoms. The largest absolute Gasteiger partial charge is 0.491 e. The molecule has 0 aromatic heterocycles. The fourth-order valence-corrected chi connectivity index (χ4v) is 1.75. The first-order valence-electron chi connectivity index (χ1n) is 6.71. The maximum absolute atomic E-state index is 11.5. The molecule has 1 aromatic rings. The molecule has 0 amide bonds. The highest BCUT2D eigenvalue weighted by Crippen LogP contribution is 2.08. The van der Waals surface area contributed by atoms with Gasteiger partial charge in [0.15, 0.2) is 0 Å². The molecule has 2 N–H and O–H groups in total. The van der Waals surface area contributed by atoms with Crippen molar-refractivity contribution < 1.29 is 19.4 Å². The van der Waals surface area contributed by atoms with Crippen LogP contribution in [0.1, 0.15) is 13.8 Å². The minimum absolute atomic E-state index is 0.0877. The molecule has 1 rings (SSSR count). The minimum Gasteiger partial charge on any atom is -0.491 e. The highest BCUT2D eigenvalue weighted by atomic mass is 16.5. The number of esters is 1. The van der Waals surface area contributed by atoms with E-state index < -0.39 is 12.1 Å². The third-order valence-electron chi connectivity index (χ3n) is 2.88. The quantitative estimate of drug-likeness (QED) is 0.701. The summed E-state index contributed by atoms with van der Waals surface area (Å²) in [6, 6.07) is 8.86. The van der Waals surface area contributed by atoms with E-state index in [1.165, 1.54) is 7.11 Å². The molecule has 0 aliphatic carbocycles. The predicted molar refractivity (Wildman–Crippen MR) is 76.6 cm³/mol. The van der Waals surface area contributed by atoms with Crippen LogP contribution in [0.3, 0.4) is 0 Å². The van der Waals surface area contributed by atoms with Crippen molar-refractivity contribution in [3.8, 4) is 5.75 Å². The lowest BCUT2D eigenvalue weighted by molar-refractivity contribution is -0.144. The third-order valence-corrected chi connectivity index (χ3v) is 2.88. The van der Waals surface area contributed by atoms with Gasteiger partial charge in [-0.25, -0.2) is 0 Å². The fourth-order valence-electron chi connectivity index (χ4n) is 1.75. The first-order chi connectivity index (χ1) is 9.54. The van der Waals surface area contributed by atoms with Gasteiger partial charge in [0, 0.05) is 6.54 Å². The van der Waals surface area contributed by atoms with E-state index in [-0.39, 0.29) is 25.0 Å². The van der Waals surface area contributed by atoms with E-state index in [1.54, 1.807) is 0 Å². The van der Waals surface area contributed by atoms with Gasteiger partial charge in [0.2, 0.25) is 0 Å². The normalized spacial score (nSPS) is 13.8.